The Balaban J connectivity index is 1.63. The van der Waals surface area contributed by atoms with Crippen molar-refractivity contribution in [1.82, 2.24) is 9.97 Å². The summed E-state index contributed by atoms with van der Waals surface area (Å²) in [5.74, 6) is 0.469. The number of carbonyl (C=O) groups is 1. The van der Waals surface area contributed by atoms with Crippen molar-refractivity contribution in [3.8, 4) is 0 Å². The molecule has 25 heavy (non-hydrogen) atoms. The van der Waals surface area contributed by atoms with Gasteiger partial charge in [0.05, 0.1) is 5.56 Å². The van der Waals surface area contributed by atoms with E-state index in [0.717, 1.165) is 11.1 Å². The molecule has 3 rings (SSSR count). The first-order valence-corrected chi connectivity index (χ1v) is 8.16. The Kier molecular flexibility index (Phi) is 5.26. The molecule has 2 N–H and O–H groups in total. The van der Waals surface area contributed by atoms with Gasteiger partial charge in [0.25, 0.3) is 5.91 Å². The molecule has 2 heterocycles. The van der Waals surface area contributed by atoms with Crippen LogP contribution < -0.4 is 10.6 Å². The van der Waals surface area contributed by atoms with Gasteiger partial charge in [-0.3, -0.25) is 9.78 Å². The van der Waals surface area contributed by atoms with Crippen molar-refractivity contribution in [3.05, 3.63) is 82.8 Å². The number of hydrogen-bond acceptors (Lipinski definition) is 4. The number of halogens is 1. The van der Waals surface area contributed by atoms with Crippen LogP contribution >= 0.6 is 11.6 Å². The summed E-state index contributed by atoms with van der Waals surface area (Å²) in [5.41, 5.74) is 3.06. The molecule has 126 valence electrons. The van der Waals surface area contributed by atoms with E-state index in [2.05, 4.69) is 20.6 Å². The second-order valence-electron chi connectivity index (χ2n) is 5.51. The average molecular weight is 353 g/mol. The molecule has 0 atom stereocenters. The predicted molar refractivity (Wildman–Crippen MR) is 99.9 cm³/mol. The van der Waals surface area contributed by atoms with Crippen LogP contribution in [0, 0.1) is 6.92 Å². The van der Waals surface area contributed by atoms with Gasteiger partial charge in [0.2, 0.25) is 0 Å². The normalized spacial score (nSPS) is 10.3. The average Bonchev–Trinajstić information content (AvgIpc) is 2.65. The van der Waals surface area contributed by atoms with Gasteiger partial charge in [0.15, 0.2) is 0 Å². The summed E-state index contributed by atoms with van der Waals surface area (Å²) in [6.45, 7) is 2.48. The van der Waals surface area contributed by atoms with Gasteiger partial charge in [-0.15, -0.1) is 0 Å². The van der Waals surface area contributed by atoms with E-state index in [4.69, 9.17) is 11.6 Å². The van der Waals surface area contributed by atoms with E-state index in [1.807, 2.05) is 25.1 Å². The van der Waals surface area contributed by atoms with E-state index in [0.29, 0.717) is 28.6 Å². The van der Waals surface area contributed by atoms with Crippen LogP contribution in [-0.2, 0) is 6.54 Å². The van der Waals surface area contributed by atoms with Crippen molar-refractivity contribution in [3.63, 3.8) is 0 Å². The summed E-state index contributed by atoms with van der Waals surface area (Å²) in [7, 11) is 0. The van der Waals surface area contributed by atoms with Crippen molar-refractivity contribution < 1.29 is 4.79 Å². The molecule has 0 bridgehead atoms. The highest BCUT2D eigenvalue weighted by Gasteiger charge is 2.09. The van der Waals surface area contributed by atoms with Gasteiger partial charge in [0.1, 0.15) is 5.82 Å². The standard InChI is InChI=1S/C19H17ClN4O/c1-13-16(20)5-2-6-17(13)24-19(25)15-7-8-18(23-12-15)22-11-14-4-3-9-21-10-14/h2-10,12H,11H2,1H3,(H,22,23)(H,24,25). The monoisotopic (exact) mass is 352 g/mol. The van der Waals surface area contributed by atoms with Crippen LogP contribution in [0.4, 0.5) is 11.5 Å². The quantitative estimate of drug-likeness (QED) is 0.718. The molecule has 0 fully saturated rings. The molecule has 2 aromatic heterocycles. The zero-order valence-corrected chi connectivity index (χ0v) is 14.4. The van der Waals surface area contributed by atoms with Gasteiger partial charge in [-0.05, 0) is 48.4 Å². The highest BCUT2D eigenvalue weighted by Crippen LogP contribution is 2.23. The maximum Gasteiger partial charge on any atom is 0.257 e. The lowest BCUT2D eigenvalue weighted by Crippen LogP contribution is -2.13. The van der Waals surface area contributed by atoms with Gasteiger partial charge in [-0.25, -0.2) is 4.98 Å². The Bertz CT molecular complexity index is 866. The number of nitrogens with one attached hydrogen (secondary N) is 2. The molecule has 0 spiro atoms. The van der Waals surface area contributed by atoms with Crippen molar-refractivity contribution in [2.24, 2.45) is 0 Å². The summed E-state index contributed by atoms with van der Waals surface area (Å²) in [6.07, 6.45) is 5.07. The van der Waals surface area contributed by atoms with Crippen LogP contribution in [0.15, 0.2) is 61.1 Å². The van der Waals surface area contributed by atoms with Gasteiger partial charge < -0.3 is 10.6 Å². The van der Waals surface area contributed by atoms with Crippen LogP contribution in [0.1, 0.15) is 21.5 Å². The number of carbonyl (C=O) groups excluding carboxylic acids is 1. The summed E-state index contributed by atoms with van der Waals surface area (Å²) >= 11 is 6.07. The fraction of sp³-hybridized carbons (Fsp3) is 0.105. The van der Waals surface area contributed by atoms with E-state index < -0.39 is 0 Å². The minimum Gasteiger partial charge on any atom is -0.366 e. The van der Waals surface area contributed by atoms with E-state index >= 15 is 0 Å². The molecule has 5 nitrogen and oxygen atoms in total. The lowest BCUT2D eigenvalue weighted by molar-refractivity contribution is 0.102. The molecule has 0 aliphatic rings. The largest absolute Gasteiger partial charge is 0.366 e. The third kappa shape index (κ3) is 4.33. The van der Waals surface area contributed by atoms with Crippen LogP contribution in [0.25, 0.3) is 0 Å². The summed E-state index contributed by atoms with van der Waals surface area (Å²) in [4.78, 5) is 20.7. The van der Waals surface area contributed by atoms with Crippen LogP contribution in [0.2, 0.25) is 5.02 Å². The Labute approximate surface area is 151 Å². The Morgan fingerprint density at radius 1 is 1.12 bits per heavy atom. The molecular formula is C19H17ClN4O. The fourth-order valence-corrected chi connectivity index (χ4v) is 2.44. The second kappa shape index (κ2) is 7.77. The maximum atomic E-state index is 12.3. The lowest BCUT2D eigenvalue weighted by Gasteiger charge is -2.10. The first-order valence-electron chi connectivity index (χ1n) is 7.79. The number of aromatic nitrogens is 2. The minimum absolute atomic E-state index is 0.225. The first-order chi connectivity index (χ1) is 12.1. The number of pyridine rings is 2. The Morgan fingerprint density at radius 3 is 2.72 bits per heavy atom. The van der Waals surface area contributed by atoms with E-state index in [1.54, 1.807) is 42.9 Å². The van der Waals surface area contributed by atoms with Crippen molar-refractivity contribution in [2.45, 2.75) is 13.5 Å². The third-order valence-corrected chi connectivity index (χ3v) is 4.15. The van der Waals surface area contributed by atoms with Crippen molar-refractivity contribution in [2.75, 3.05) is 10.6 Å². The number of hydrogen-bond donors (Lipinski definition) is 2. The molecule has 0 unspecified atom stereocenters. The van der Waals surface area contributed by atoms with Crippen LogP contribution in [-0.4, -0.2) is 15.9 Å². The van der Waals surface area contributed by atoms with Crippen LogP contribution in [0.5, 0.6) is 0 Å². The molecule has 1 amide bonds. The molecule has 3 aromatic rings. The molecule has 0 radical (unpaired) electrons. The van der Waals surface area contributed by atoms with E-state index in [-0.39, 0.29) is 5.91 Å². The number of amides is 1. The van der Waals surface area contributed by atoms with Crippen LogP contribution in [0.3, 0.4) is 0 Å². The van der Waals surface area contributed by atoms with Crippen molar-refractivity contribution in [1.29, 1.82) is 0 Å². The highest BCUT2D eigenvalue weighted by molar-refractivity contribution is 6.31. The zero-order valence-electron chi connectivity index (χ0n) is 13.7. The molecule has 0 aliphatic carbocycles. The van der Waals surface area contributed by atoms with E-state index in [1.165, 1.54) is 0 Å². The zero-order chi connectivity index (χ0) is 17.6. The van der Waals surface area contributed by atoms with E-state index in [9.17, 15) is 4.79 Å². The number of nitrogens with zero attached hydrogens (tertiary/aromatic N) is 2. The number of rotatable bonds is 5. The molecule has 0 saturated carbocycles. The first kappa shape index (κ1) is 16.9. The SMILES string of the molecule is Cc1c(Cl)cccc1NC(=O)c1ccc(NCc2cccnc2)nc1. The lowest BCUT2D eigenvalue weighted by atomic mass is 10.2. The van der Waals surface area contributed by atoms with Gasteiger partial charge in [0, 0.05) is 35.8 Å². The van der Waals surface area contributed by atoms with Gasteiger partial charge >= 0.3 is 0 Å². The molecule has 6 heteroatoms. The Hall–Kier alpha value is -2.92. The molecular weight excluding hydrogens is 336 g/mol. The minimum atomic E-state index is -0.225. The number of anilines is 2. The maximum absolute atomic E-state index is 12.3. The predicted octanol–water partition coefficient (Wildman–Crippen LogP) is 4.30. The smallest absolute Gasteiger partial charge is 0.257 e. The molecule has 0 saturated heterocycles. The van der Waals surface area contributed by atoms with Gasteiger partial charge in [-0.2, -0.15) is 0 Å². The van der Waals surface area contributed by atoms with Gasteiger partial charge in [-0.1, -0.05) is 23.7 Å². The fourth-order valence-electron chi connectivity index (χ4n) is 2.27. The molecule has 1 aromatic carbocycles. The summed E-state index contributed by atoms with van der Waals surface area (Å²) in [5, 5.41) is 6.66. The second-order valence-corrected chi connectivity index (χ2v) is 5.92. The Morgan fingerprint density at radius 2 is 2.00 bits per heavy atom. The van der Waals surface area contributed by atoms with Crippen molar-refractivity contribution >= 4 is 29.0 Å². The summed E-state index contributed by atoms with van der Waals surface area (Å²) < 4.78 is 0. The topological polar surface area (TPSA) is 66.9 Å². The molecule has 0 aliphatic heterocycles. The summed E-state index contributed by atoms with van der Waals surface area (Å²) in [6, 6.07) is 12.8. The highest BCUT2D eigenvalue weighted by atomic mass is 35.5. The third-order valence-electron chi connectivity index (χ3n) is 3.74. The number of benzene rings is 1.